The molecule has 0 fully saturated rings. The summed E-state index contributed by atoms with van der Waals surface area (Å²) in [4.78, 5) is 0.230. The summed E-state index contributed by atoms with van der Waals surface area (Å²) in [6.45, 7) is 1.87. The van der Waals surface area contributed by atoms with Gasteiger partial charge in [0.05, 0.1) is 11.3 Å². The van der Waals surface area contributed by atoms with Gasteiger partial charge in [-0.15, -0.1) is 0 Å². The zero-order valence-electron chi connectivity index (χ0n) is 11.2. The number of thiocarbonyl (C=S) groups is 1. The average Bonchev–Trinajstić information content (AvgIpc) is 2.40. The minimum absolute atomic E-state index is 0.230. The molecule has 0 aliphatic carbocycles. The van der Waals surface area contributed by atoms with Gasteiger partial charge in [0, 0.05) is 11.3 Å². The Morgan fingerprint density at radius 2 is 1.71 bits per heavy atom. The average molecular weight is 310 g/mol. The molecule has 6 heteroatoms. The number of aryl methyl sites for hydroxylation is 1. The molecule has 0 aliphatic heterocycles. The lowest BCUT2D eigenvalue weighted by Gasteiger charge is -2.15. The predicted octanol–water partition coefficient (Wildman–Crippen LogP) is 4.39. The second-order valence-corrected chi connectivity index (χ2v) is 5.00. The van der Waals surface area contributed by atoms with Crippen LogP contribution in [0.25, 0.3) is 0 Å². The SMILES string of the molecule is Cc1cccc(C(N)=S)c1Nc1ccc(C(F)(F)F)cc1. The second kappa shape index (κ2) is 5.73. The summed E-state index contributed by atoms with van der Waals surface area (Å²) in [6, 6.07) is 10.3. The summed E-state index contributed by atoms with van der Waals surface area (Å²) in [5.41, 5.74) is 7.77. The first-order valence-electron chi connectivity index (χ1n) is 6.13. The van der Waals surface area contributed by atoms with Crippen LogP contribution < -0.4 is 11.1 Å². The fraction of sp³-hybridized carbons (Fsp3) is 0.133. The largest absolute Gasteiger partial charge is 0.416 e. The van der Waals surface area contributed by atoms with E-state index < -0.39 is 11.7 Å². The van der Waals surface area contributed by atoms with E-state index >= 15 is 0 Å². The molecule has 3 N–H and O–H groups in total. The van der Waals surface area contributed by atoms with Gasteiger partial charge in [-0.05, 0) is 42.8 Å². The smallest absolute Gasteiger partial charge is 0.389 e. The zero-order chi connectivity index (χ0) is 15.6. The van der Waals surface area contributed by atoms with Gasteiger partial charge in [0.2, 0.25) is 0 Å². The fourth-order valence-electron chi connectivity index (χ4n) is 1.93. The van der Waals surface area contributed by atoms with Crippen molar-refractivity contribution in [2.24, 2.45) is 5.73 Å². The summed E-state index contributed by atoms with van der Waals surface area (Å²) in [7, 11) is 0. The van der Waals surface area contributed by atoms with Crippen molar-refractivity contribution < 1.29 is 13.2 Å². The van der Waals surface area contributed by atoms with Crippen molar-refractivity contribution in [3.8, 4) is 0 Å². The molecule has 0 aromatic heterocycles. The molecule has 0 aliphatic rings. The van der Waals surface area contributed by atoms with E-state index in [1.54, 1.807) is 6.07 Å². The van der Waals surface area contributed by atoms with Crippen LogP contribution in [-0.2, 0) is 6.18 Å². The highest BCUT2D eigenvalue weighted by Crippen LogP contribution is 2.31. The van der Waals surface area contributed by atoms with Gasteiger partial charge in [-0.2, -0.15) is 13.2 Å². The van der Waals surface area contributed by atoms with Gasteiger partial charge in [0.15, 0.2) is 0 Å². The highest BCUT2D eigenvalue weighted by Gasteiger charge is 2.29. The maximum atomic E-state index is 12.5. The second-order valence-electron chi connectivity index (χ2n) is 4.56. The molecule has 0 bridgehead atoms. The third-order valence-corrected chi connectivity index (χ3v) is 3.24. The van der Waals surface area contributed by atoms with Gasteiger partial charge in [0.1, 0.15) is 4.99 Å². The van der Waals surface area contributed by atoms with Crippen LogP contribution in [-0.4, -0.2) is 4.99 Å². The lowest BCUT2D eigenvalue weighted by Crippen LogP contribution is -2.12. The quantitative estimate of drug-likeness (QED) is 0.826. The van der Waals surface area contributed by atoms with Gasteiger partial charge < -0.3 is 11.1 Å². The maximum Gasteiger partial charge on any atom is 0.416 e. The van der Waals surface area contributed by atoms with Crippen LogP contribution >= 0.6 is 12.2 Å². The van der Waals surface area contributed by atoms with E-state index in [1.807, 2.05) is 19.1 Å². The molecule has 0 radical (unpaired) electrons. The number of anilines is 2. The third kappa shape index (κ3) is 3.52. The van der Waals surface area contributed by atoms with Gasteiger partial charge in [-0.25, -0.2) is 0 Å². The molecule has 2 nitrogen and oxygen atoms in total. The number of alkyl halides is 3. The highest BCUT2D eigenvalue weighted by molar-refractivity contribution is 7.80. The molecule has 0 unspecified atom stereocenters. The Bertz CT molecular complexity index is 664. The number of nitrogens with two attached hydrogens (primary N) is 1. The molecule has 2 rings (SSSR count). The van der Waals surface area contributed by atoms with Crippen LogP contribution in [0.3, 0.4) is 0 Å². The number of para-hydroxylation sites is 1. The van der Waals surface area contributed by atoms with Crippen molar-refractivity contribution in [1.29, 1.82) is 0 Å². The first kappa shape index (κ1) is 15.3. The van der Waals surface area contributed by atoms with Gasteiger partial charge >= 0.3 is 6.18 Å². The highest BCUT2D eigenvalue weighted by atomic mass is 32.1. The van der Waals surface area contributed by atoms with Gasteiger partial charge in [0.25, 0.3) is 0 Å². The lowest BCUT2D eigenvalue weighted by molar-refractivity contribution is -0.137. The van der Waals surface area contributed by atoms with Crippen LogP contribution in [0.5, 0.6) is 0 Å². The van der Waals surface area contributed by atoms with Gasteiger partial charge in [-0.1, -0.05) is 24.4 Å². The molecule has 0 heterocycles. The Kier molecular flexibility index (Phi) is 4.18. The van der Waals surface area contributed by atoms with Crippen LogP contribution in [0.1, 0.15) is 16.7 Å². The fourth-order valence-corrected chi connectivity index (χ4v) is 2.10. The van der Waals surface area contributed by atoms with Crippen molar-refractivity contribution in [3.05, 3.63) is 59.2 Å². The summed E-state index contributed by atoms with van der Waals surface area (Å²) < 4.78 is 37.6. The molecule has 0 atom stereocenters. The van der Waals surface area contributed by atoms with Crippen molar-refractivity contribution in [2.75, 3.05) is 5.32 Å². The van der Waals surface area contributed by atoms with Crippen molar-refractivity contribution in [2.45, 2.75) is 13.1 Å². The van der Waals surface area contributed by atoms with Crippen molar-refractivity contribution in [1.82, 2.24) is 0 Å². The molecule has 0 saturated carbocycles. The Morgan fingerprint density at radius 1 is 1.10 bits per heavy atom. The molecule has 110 valence electrons. The number of rotatable bonds is 3. The Balaban J connectivity index is 2.33. The van der Waals surface area contributed by atoms with Crippen LogP contribution in [0.15, 0.2) is 42.5 Å². The minimum Gasteiger partial charge on any atom is -0.389 e. The first-order valence-corrected chi connectivity index (χ1v) is 6.53. The molecule has 2 aromatic carbocycles. The Morgan fingerprint density at radius 3 is 2.24 bits per heavy atom. The molecule has 2 aromatic rings. The minimum atomic E-state index is -4.34. The van der Waals surface area contributed by atoms with Crippen LogP contribution in [0.4, 0.5) is 24.5 Å². The Hall–Kier alpha value is -2.08. The van der Waals surface area contributed by atoms with E-state index in [0.29, 0.717) is 16.9 Å². The van der Waals surface area contributed by atoms with Crippen LogP contribution in [0.2, 0.25) is 0 Å². The summed E-state index contributed by atoms with van der Waals surface area (Å²) in [5, 5.41) is 3.07. The number of nitrogens with one attached hydrogen (secondary N) is 1. The van der Waals surface area contributed by atoms with Crippen LogP contribution in [0, 0.1) is 6.92 Å². The maximum absolute atomic E-state index is 12.5. The number of hydrogen-bond donors (Lipinski definition) is 2. The standard InChI is InChI=1S/C15H13F3N2S/c1-9-3-2-4-12(14(19)21)13(9)20-11-7-5-10(6-8-11)15(16,17)18/h2-8,20H,1H3,(H2,19,21). The number of hydrogen-bond acceptors (Lipinski definition) is 2. The normalized spacial score (nSPS) is 11.2. The van der Waals surface area contributed by atoms with E-state index in [1.165, 1.54) is 12.1 Å². The van der Waals surface area contributed by atoms with E-state index in [9.17, 15) is 13.2 Å². The molecule has 0 spiro atoms. The van der Waals surface area contributed by atoms with E-state index in [-0.39, 0.29) is 4.99 Å². The van der Waals surface area contributed by atoms with E-state index in [0.717, 1.165) is 17.7 Å². The lowest BCUT2D eigenvalue weighted by atomic mass is 10.1. The monoisotopic (exact) mass is 310 g/mol. The number of benzene rings is 2. The summed E-state index contributed by atoms with van der Waals surface area (Å²) in [6.07, 6.45) is -4.34. The van der Waals surface area contributed by atoms with Crippen molar-refractivity contribution >= 4 is 28.6 Å². The Labute approximate surface area is 125 Å². The molecular formula is C15H13F3N2S. The molecular weight excluding hydrogens is 297 g/mol. The van der Waals surface area contributed by atoms with Crippen molar-refractivity contribution in [3.63, 3.8) is 0 Å². The topological polar surface area (TPSA) is 38.0 Å². The summed E-state index contributed by atoms with van der Waals surface area (Å²) >= 11 is 4.98. The molecule has 0 saturated heterocycles. The molecule has 21 heavy (non-hydrogen) atoms. The third-order valence-electron chi connectivity index (χ3n) is 3.02. The first-order chi connectivity index (χ1) is 9.79. The zero-order valence-corrected chi connectivity index (χ0v) is 12.0. The molecule has 0 amide bonds. The van der Waals surface area contributed by atoms with E-state index in [4.69, 9.17) is 18.0 Å². The predicted molar refractivity (Wildman–Crippen MR) is 81.8 cm³/mol. The summed E-state index contributed by atoms with van der Waals surface area (Å²) in [5.74, 6) is 0. The number of halogens is 3. The van der Waals surface area contributed by atoms with E-state index in [2.05, 4.69) is 5.32 Å². The van der Waals surface area contributed by atoms with Gasteiger partial charge in [-0.3, -0.25) is 0 Å².